The van der Waals surface area contributed by atoms with E-state index in [1.807, 2.05) is 0 Å². The molecule has 0 N–H and O–H groups in total. The number of alkyl halides is 3. The smallest absolute Gasteiger partial charge is 0.248 e. The van der Waals surface area contributed by atoms with Crippen molar-refractivity contribution >= 4 is 0 Å². The van der Waals surface area contributed by atoms with Gasteiger partial charge in [-0.05, 0) is 18.6 Å². The highest BCUT2D eigenvalue weighted by Crippen LogP contribution is 2.30. The van der Waals surface area contributed by atoms with Crippen molar-refractivity contribution in [1.82, 2.24) is 4.98 Å². The number of nitrogens with zero attached hydrogens (tertiary/aromatic N) is 2. The Labute approximate surface area is 79.0 Å². The Bertz CT molecular complexity index is 377. The third-order valence-electron chi connectivity index (χ3n) is 1.66. The molecule has 1 heterocycles. The van der Waals surface area contributed by atoms with Gasteiger partial charge in [-0.1, -0.05) is 6.07 Å². The minimum Gasteiger partial charge on any atom is -0.248 e. The van der Waals surface area contributed by atoms with Gasteiger partial charge in [-0.15, -0.1) is 0 Å². The minimum atomic E-state index is -4.49. The summed E-state index contributed by atoms with van der Waals surface area (Å²) in [7, 11) is 0. The molecule has 0 atom stereocenters. The number of halogens is 3. The summed E-state index contributed by atoms with van der Waals surface area (Å²) in [6.07, 6.45) is -4.76. The number of pyridine rings is 1. The second kappa shape index (κ2) is 3.66. The van der Waals surface area contributed by atoms with Crippen LogP contribution in [0, 0.1) is 18.3 Å². The van der Waals surface area contributed by atoms with Crippen LogP contribution in [0.3, 0.4) is 0 Å². The van der Waals surface area contributed by atoms with Gasteiger partial charge in [0.15, 0.2) is 0 Å². The first-order chi connectivity index (χ1) is 6.45. The Balaban J connectivity index is 3.24. The SMILES string of the molecule is Cc1ccc(CC#N)c(C(F)(F)F)n1. The van der Waals surface area contributed by atoms with Crippen LogP contribution in [0.15, 0.2) is 12.1 Å². The van der Waals surface area contributed by atoms with Gasteiger partial charge < -0.3 is 0 Å². The molecule has 1 aromatic rings. The Hall–Kier alpha value is -1.57. The molecular weight excluding hydrogens is 193 g/mol. The minimum absolute atomic E-state index is 0.0781. The third-order valence-corrected chi connectivity index (χ3v) is 1.66. The molecule has 1 rings (SSSR count). The van der Waals surface area contributed by atoms with Crippen LogP contribution in [-0.2, 0) is 12.6 Å². The van der Waals surface area contributed by atoms with Crippen molar-refractivity contribution in [3.8, 4) is 6.07 Å². The molecule has 0 aliphatic heterocycles. The molecule has 0 bridgehead atoms. The van der Waals surface area contributed by atoms with Gasteiger partial charge in [0.2, 0.25) is 0 Å². The van der Waals surface area contributed by atoms with Crippen molar-refractivity contribution in [1.29, 1.82) is 5.26 Å². The summed E-state index contributed by atoms with van der Waals surface area (Å²) < 4.78 is 37.1. The van der Waals surface area contributed by atoms with Crippen LogP contribution < -0.4 is 0 Å². The summed E-state index contributed by atoms with van der Waals surface area (Å²) in [5.41, 5.74) is -0.747. The zero-order chi connectivity index (χ0) is 10.8. The maximum Gasteiger partial charge on any atom is 0.433 e. The first kappa shape index (κ1) is 10.5. The van der Waals surface area contributed by atoms with E-state index in [1.165, 1.54) is 19.1 Å². The molecule has 74 valence electrons. The number of nitriles is 1. The predicted octanol–water partition coefficient (Wildman–Crippen LogP) is 2.47. The molecule has 0 aromatic carbocycles. The van der Waals surface area contributed by atoms with E-state index in [4.69, 9.17) is 5.26 Å². The lowest BCUT2D eigenvalue weighted by molar-refractivity contribution is -0.141. The van der Waals surface area contributed by atoms with Crippen LogP contribution >= 0.6 is 0 Å². The standard InChI is InChI=1S/C9H7F3N2/c1-6-2-3-7(4-5-13)8(14-6)9(10,11)12/h2-3H,4H2,1H3. The largest absolute Gasteiger partial charge is 0.433 e. The monoisotopic (exact) mass is 200 g/mol. The van der Waals surface area contributed by atoms with Crippen molar-refractivity contribution in [3.05, 3.63) is 29.1 Å². The zero-order valence-electron chi connectivity index (χ0n) is 7.39. The molecule has 0 fully saturated rings. The van der Waals surface area contributed by atoms with E-state index in [2.05, 4.69) is 4.98 Å². The van der Waals surface area contributed by atoms with Gasteiger partial charge in [-0.25, -0.2) is 4.98 Å². The molecule has 0 radical (unpaired) electrons. The fourth-order valence-electron chi connectivity index (χ4n) is 1.06. The van der Waals surface area contributed by atoms with E-state index >= 15 is 0 Å². The van der Waals surface area contributed by atoms with Crippen molar-refractivity contribution < 1.29 is 13.2 Å². The van der Waals surface area contributed by atoms with Crippen LogP contribution in [0.4, 0.5) is 13.2 Å². The molecule has 0 saturated heterocycles. The van der Waals surface area contributed by atoms with Gasteiger partial charge in [0.1, 0.15) is 5.69 Å². The van der Waals surface area contributed by atoms with E-state index in [0.717, 1.165) is 0 Å². The lowest BCUT2D eigenvalue weighted by Crippen LogP contribution is -2.12. The quantitative estimate of drug-likeness (QED) is 0.698. The number of hydrogen-bond donors (Lipinski definition) is 0. The maximum absolute atomic E-state index is 12.4. The fourth-order valence-corrected chi connectivity index (χ4v) is 1.06. The first-order valence-electron chi connectivity index (χ1n) is 3.86. The number of rotatable bonds is 1. The normalized spacial score (nSPS) is 11.1. The van der Waals surface area contributed by atoms with E-state index in [9.17, 15) is 13.2 Å². The molecule has 0 spiro atoms. The molecular formula is C9H7F3N2. The lowest BCUT2D eigenvalue weighted by Gasteiger charge is -2.09. The van der Waals surface area contributed by atoms with Crippen molar-refractivity contribution in [2.75, 3.05) is 0 Å². The highest BCUT2D eigenvalue weighted by atomic mass is 19.4. The first-order valence-corrected chi connectivity index (χ1v) is 3.86. The zero-order valence-corrected chi connectivity index (χ0v) is 7.39. The molecule has 0 saturated carbocycles. The molecule has 0 amide bonds. The average Bonchev–Trinajstić information content (AvgIpc) is 2.07. The second-order valence-corrected chi connectivity index (χ2v) is 2.79. The Kier molecular flexibility index (Phi) is 2.75. The molecule has 0 unspecified atom stereocenters. The van der Waals surface area contributed by atoms with E-state index in [-0.39, 0.29) is 12.0 Å². The summed E-state index contributed by atoms with van der Waals surface area (Å²) in [4.78, 5) is 3.39. The number of aryl methyl sites for hydroxylation is 1. The van der Waals surface area contributed by atoms with Crippen LogP contribution in [-0.4, -0.2) is 4.98 Å². The second-order valence-electron chi connectivity index (χ2n) is 2.79. The summed E-state index contributed by atoms with van der Waals surface area (Å²) in [5, 5.41) is 8.33. The fraction of sp³-hybridized carbons (Fsp3) is 0.333. The molecule has 14 heavy (non-hydrogen) atoms. The average molecular weight is 200 g/mol. The Morgan fingerprint density at radius 3 is 2.57 bits per heavy atom. The van der Waals surface area contributed by atoms with Crippen LogP contribution in [0.1, 0.15) is 17.0 Å². The van der Waals surface area contributed by atoms with Gasteiger partial charge in [0.05, 0.1) is 12.5 Å². The van der Waals surface area contributed by atoms with Crippen LogP contribution in [0.5, 0.6) is 0 Å². The Morgan fingerprint density at radius 2 is 2.07 bits per heavy atom. The summed E-state index contributed by atoms with van der Waals surface area (Å²) in [5.74, 6) is 0. The molecule has 1 aromatic heterocycles. The molecule has 0 aliphatic carbocycles. The van der Waals surface area contributed by atoms with E-state index < -0.39 is 11.9 Å². The van der Waals surface area contributed by atoms with Crippen molar-refractivity contribution in [2.24, 2.45) is 0 Å². The van der Waals surface area contributed by atoms with Gasteiger partial charge >= 0.3 is 6.18 Å². The van der Waals surface area contributed by atoms with Crippen LogP contribution in [0.2, 0.25) is 0 Å². The Morgan fingerprint density at radius 1 is 1.43 bits per heavy atom. The number of aromatic nitrogens is 1. The maximum atomic E-state index is 12.4. The van der Waals surface area contributed by atoms with Crippen molar-refractivity contribution in [3.63, 3.8) is 0 Å². The summed E-state index contributed by atoms with van der Waals surface area (Å²) in [6, 6.07) is 4.42. The lowest BCUT2D eigenvalue weighted by atomic mass is 10.1. The molecule has 0 aliphatic rings. The highest BCUT2D eigenvalue weighted by molar-refractivity contribution is 5.27. The topological polar surface area (TPSA) is 36.7 Å². The van der Waals surface area contributed by atoms with Gasteiger partial charge in [0.25, 0.3) is 0 Å². The van der Waals surface area contributed by atoms with Crippen LogP contribution in [0.25, 0.3) is 0 Å². The highest BCUT2D eigenvalue weighted by Gasteiger charge is 2.35. The van der Waals surface area contributed by atoms with E-state index in [0.29, 0.717) is 5.69 Å². The van der Waals surface area contributed by atoms with E-state index in [1.54, 1.807) is 6.07 Å². The van der Waals surface area contributed by atoms with Gasteiger partial charge in [-0.3, -0.25) is 0 Å². The van der Waals surface area contributed by atoms with Crippen molar-refractivity contribution in [2.45, 2.75) is 19.5 Å². The summed E-state index contributed by atoms with van der Waals surface area (Å²) in [6.45, 7) is 1.48. The predicted molar refractivity (Wildman–Crippen MR) is 43.3 cm³/mol. The molecule has 2 nitrogen and oxygen atoms in total. The summed E-state index contributed by atoms with van der Waals surface area (Å²) >= 11 is 0. The molecule has 5 heteroatoms. The number of hydrogen-bond acceptors (Lipinski definition) is 2. The van der Waals surface area contributed by atoms with Gasteiger partial charge in [-0.2, -0.15) is 18.4 Å². The van der Waals surface area contributed by atoms with Gasteiger partial charge in [0, 0.05) is 5.69 Å². The third kappa shape index (κ3) is 2.22.